The number of amides is 2. The molecule has 354 valence electrons. The smallest absolute Gasteiger partial charge is 0.244 e. The van der Waals surface area contributed by atoms with Crippen LogP contribution >= 0.6 is 0 Å². The van der Waals surface area contributed by atoms with Crippen LogP contribution in [0.1, 0.15) is 178 Å². The Balaban J connectivity index is 0.000000218. The van der Waals surface area contributed by atoms with Gasteiger partial charge in [-0.15, -0.1) is 0 Å². The van der Waals surface area contributed by atoms with E-state index in [0.717, 1.165) is 92.9 Å². The SMILES string of the molecule is Cc1oc([C@H](CCCC2CCCCC2)CC(=O)NOCc2ccccc2)nc1C=O.Cc1oc([C@H](CCCC2CCCCC2)CC(=O)NOCc2ccccc2)nc1CN1CCOCC1. The number of hydrogen-bond acceptors (Lipinski definition) is 11. The van der Waals surface area contributed by atoms with Crippen molar-refractivity contribution in [2.75, 3.05) is 26.3 Å². The fraction of sp³-hybridized carbons (Fsp3) is 0.596. The fourth-order valence-electron chi connectivity index (χ4n) is 9.42. The van der Waals surface area contributed by atoms with E-state index in [-0.39, 0.29) is 30.1 Å². The van der Waals surface area contributed by atoms with Crippen molar-refractivity contribution in [3.63, 3.8) is 0 Å². The number of aromatic nitrogens is 2. The molecule has 2 amide bonds. The molecule has 2 atom stereocenters. The highest BCUT2D eigenvalue weighted by Crippen LogP contribution is 2.34. The minimum Gasteiger partial charge on any atom is -0.445 e. The summed E-state index contributed by atoms with van der Waals surface area (Å²) in [6, 6.07) is 19.5. The molecule has 2 aliphatic carbocycles. The lowest BCUT2D eigenvalue weighted by Crippen LogP contribution is -2.35. The predicted octanol–water partition coefficient (Wildman–Crippen LogP) is 10.6. The number of nitrogens with zero attached hydrogens (tertiary/aromatic N) is 3. The topological polar surface area (TPSA) is 158 Å². The quantitative estimate of drug-likeness (QED) is 0.0539. The molecular formula is C52H73N5O8. The molecule has 3 heterocycles. The van der Waals surface area contributed by atoms with E-state index in [9.17, 15) is 14.4 Å². The minimum absolute atomic E-state index is 0.0453. The van der Waals surface area contributed by atoms with Crippen LogP contribution in [0.15, 0.2) is 69.5 Å². The molecule has 2 saturated carbocycles. The molecule has 2 N–H and O–H groups in total. The van der Waals surface area contributed by atoms with Gasteiger partial charge in [0.15, 0.2) is 18.1 Å². The van der Waals surface area contributed by atoms with Crippen molar-refractivity contribution < 1.29 is 37.6 Å². The summed E-state index contributed by atoms with van der Waals surface area (Å²) in [5, 5.41) is 0. The highest BCUT2D eigenvalue weighted by molar-refractivity contribution is 5.76. The number of carbonyl (C=O) groups is 3. The third-order valence-corrected chi connectivity index (χ3v) is 13.2. The molecule has 0 spiro atoms. The van der Waals surface area contributed by atoms with Crippen LogP contribution in [0.25, 0.3) is 0 Å². The Morgan fingerprint density at radius 1 is 0.692 bits per heavy atom. The highest BCUT2D eigenvalue weighted by atomic mass is 16.7. The summed E-state index contributed by atoms with van der Waals surface area (Å²) in [6.45, 7) is 8.47. The molecule has 2 aromatic heterocycles. The van der Waals surface area contributed by atoms with E-state index in [0.29, 0.717) is 49.2 Å². The first-order valence-corrected chi connectivity index (χ1v) is 24.4. The largest absolute Gasteiger partial charge is 0.445 e. The average Bonchev–Trinajstić information content (AvgIpc) is 3.90. The van der Waals surface area contributed by atoms with Gasteiger partial charge in [-0.3, -0.25) is 29.0 Å². The fourth-order valence-corrected chi connectivity index (χ4v) is 9.42. The third kappa shape index (κ3) is 17.6. The van der Waals surface area contributed by atoms with E-state index in [2.05, 4.69) is 20.8 Å². The molecule has 65 heavy (non-hydrogen) atoms. The summed E-state index contributed by atoms with van der Waals surface area (Å²) in [6.07, 6.45) is 20.9. The van der Waals surface area contributed by atoms with Crippen molar-refractivity contribution in [2.24, 2.45) is 11.8 Å². The minimum atomic E-state index is -0.211. The molecule has 13 nitrogen and oxygen atoms in total. The van der Waals surface area contributed by atoms with Gasteiger partial charge in [-0.05, 0) is 49.7 Å². The number of hydroxylamine groups is 2. The van der Waals surface area contributed by atoms with Gasteiger partial charge in [0.1, 0.15) is 17.2 Å². The Kier molecular flexibility index (Phi) is 21.2. The lowest BCUT2D eigenvalue weighted by Gasteiger charge is -2.25. The molecule has 2 aromatic carbocycles. The maximum Gasteiger partial charge on any atom is 0.244 e. The predicted molar refractivity (Wildman–Crippen MR) is 248 cm³/mol. The third-order valence-electron chi connectivity index (χ3n) is 13.2. The molecule has 0 radical (unpaired) electrons. The summed E-state index contributed by atoms with van der Waals surface area (Å²) in [5.41, 5.74) is 8.44. The zero-order chi connectivity index (χ0) is 45.5. The van der Waals surface area contributed by atoms with Crippen molar-refractivity contribution in [3.8, 4) is 0 Å². The molecular weight excluding hydrogens is 823 g/mol. The summed E-state index contributed by atoms with van der Waals surface area (Å²) in [5.74, 6) is 3.57. The number of carbonyl (C=O) groups excluding carboxylic acids is 3. The monoisotopic (exact) mass is 896 g/mol. The second-order valence-electron chi connectivity index (χ2n) is 18.3. The van der Waals surface area contributed by atoms with Crippen LogP contribution in [0.2, 0.25) is 0 Å². The van der Waals surface area contributed by atoms with Crippen molar-refractivity contribution in [3.05, 3.63) is 106 Å². The number of rotatable bonds is 23. The molecule has 4 aromatic rings. The molecule has 1 saturated heterocycles. The zero-order valence-corrected chi connectivity index (χ0v) is 38.9. The normalized spacial score (nSPS) is 17.1. The van der Waals surface area contributed by atoms with Crippen LogP contribution in [-0.4, -0.2) is 59.3 Å². The number of nitrogens with one attached hydrogen (secondary N) is 2. The van der Waals surface area contributed by atoms with Crippen LogP contribution < -0.4 is 11.0 Å². The van der Waals surface area contributed by atoms with Crippen molar-refractivity contribution in [1.82, 2.24) is 25.8 Å². The first-order valence-electron chi connectivity index (χ1n) is 24.4. The standard InChI is InChI=1S/C28H41N3O4.C24H32N2O4/c1-22-26(20-31-15-17-33-18-16-31)29-28(35-22)25(14-8-13-23-9-4-2-5-10-23)19-27(32)30-34-21-24-11-6-3-7-12-24;1-18-22(16-27)25-24(30-18)21(14-8-13-19-9-4-2-5-10-19)15-23(28)26-29-17-20-11-6-3-7-12-20/h3,6-7,11-12,23,25H,2,4-5,8-10,13-21H2,1H3,(H,30,32);3,6-7,11-12,16,19,21H,2,4-5,8-10,13-15,17H2,1H3,(H,26,28)/t25-;21-/m11/s1. The van der Waals surface area contributed by atoms with E-state index >= 15 is 0 Å². The molecule has 13 heteroatoms. The Morgan fingerprint density at radius 3 is 1.65 bits per heavy atom. The average molecular weight is 896 g/mol. The lowest BCUT2D eigenvalue weighted by molar-refractivity contribution is -0.135. The highest BCUT2D eigenvalue weighted by Gasteiger charge is 2.26. The van der Waals surface area contributed by atoms with E-state index in [1.165, 1.54) is 77.0 Å². The number of morpholine rings is 1. The van der Waals surface area contributed by atoms with E-state index in [1.807, 2.05) is 67.6 Å². The van der Waals surface area contributed by atoms with Crippen LogP contribution in [0.5, 0.6) is 0 Å². The van der Waals surface area contributed by atoms with Crippen LogP contribution in [0.4, 0.5) is 0 Å². The Hall–Kier alpha value is -4.69. The van der Waals surface area contributed by atoms with E-state index in [4.69, 9.17) is 28.2 Å². The molecule has 0 unspecified atom stereocenters. The first kappa shape index (κ1) is 49.7. The number of oxazole rings is 2. The van der Waals surface area contributed by atoms with Gasteiger partial charge in [-0.25, -0.2) is 20.9 Å². The van der Waals surface area contributed by atoms with Gasteiger partial charge < -0.3 is 13.6 Å². The molecule has 0 bridgehead atoms. The number of ether oxygens (including phenoxy) is 1. The summed E-state index contributed by atoms with van der Waals surface area (Å²) < 4.78 is 17.3. The van der Waals surface area contributed by atoms with Crippen LogP contribution in [0.3, 0.4) is 0 Å². The summed E-state index contributed by atoms with van der Waals surface area (Å²) in [4.78, 5) is 58.8. The maximum absolute atomic E-state index is 12.8. The molecule has 3 aliphatic rings. The van der Waals surface area contributed by atoms with Crippen molar-refractivity contribution in [1.29, 1.82) is 0 Å². The van der Waals surface area contributed by atoms with Crippen LogP contribution in [-0.2, 0) is 43.8 Å². The number of aryl methyl sites for hydroxylation is 2. The van der Waals surface area contributed by atoms with Gasteiger partial charge in [-0.1, -0.05) is 151 Å². The van der Waals surface area contributed by atoms with Gasteiger partial charge >= 0.3 is 0 Å². The Morgan fingerprint density at radius 2 is 1.17 bits per heavy atom. The van der Waals surface area contributed by atoms with Gasteiger partial charge in [0.25, 0.3) is 0 Å². The Labute approximate surface area is 386 Å². The molecule has 7 rings (SSSR count). The lowest BCUT2D eigenvalue weighted by atomic mass is 9.84. The second-order valence-corrected chi connectivity index (χ2v) is 18.3. The van der Waals surface area contributed by atoms with Gasteiger partial charge in [0.2, 0.25) is 11.8 Å². The maximum atomic E-state index is 12.8. The van der Waals surface area contributed by atoms with Crippen molar-refractivity contribution in [2.45, 2.75) is 161 Å². The van der Waals surface area contributed by atoms with Crippen LogP contribution in [0, 0.1) is 25.7 Å². The second kappa shape index (κ2) is 27.7. The first-order chi connectivity index (χ1) is 31.8. The number of aldehydes is 1. The number of benzene rings is 2. The van der Waals surface area contributed by atoms with Gasteiger partial charge in [0.05, 0.1) is 32.1 Å². The molecule has 1 aliphatic heterocycles. The van der Waals surface area contributed by atoms with E-state index < -0.39 is 0 Å². The summed E-state index contributed by atoms with van der Waals surface area (Å²) in [7, 11) is 0. The number of hydrogen-bond donors (Lipinski definition) is 2. The van der Waals surface area contributed by atoms with Gasteiger partial charge in [-0.2, -0.15) is 0 Å². The van der Waals surface area contributed by atoms with Crippen molar-refractivity contribution >= 4 is 18.1 Å². The molecule has 3 fully saturated rings. The van der Waals surface area contributed by atoms with Gasteiger partial charge in [0, 0.05) is 44.3 Å². The Bertz CT molecular complexity index is 1970. The van der Waals surface area contributed by atoms with E-state index in [1.54, 1.807) is 6.92 Å². The zero-order valence-electron chi connectivity index (χ0n) is 38.9. The summed E-state index contributed by atoms with van der Waals surface area (Å²) >= 11 is 0.